The molecular formula is C10H18N2O3. The Balaban J connectivity index is 2.43. The Labute approximate surface area is 89.6 Å². The Morgan fingerprint density at radius 1 is 1.60 bits per heavy atom. The van der Waals surface area contributed by atoms with Crippen molar-refractivity contribution in [2.75, 3.05) is 13.1 Å². The fourth-order valence-corrected chi connectivity index (χ4v) is 1.45. The molecule has 5 nitrogen and oxygen atoms in total. The van der Waals surface area contributed by atoms with Crippen molar-refractivity contribution in [2.24, 2.45) is 5.73 Å². The number of ether oxygens (including phenoxy) is 1. The van der Waals surface area contributed by atoms with E-state index in [1.165, 1.54) is 4.90 Å². The standard InChI is InChI=1S/C10H18N2O3/c1-10(2,3)15-8(13)6-12-5-4-7(11)9(12)14/h7H,4-6,11H2,1-3H3/t7-/m0/s1. The zero-order valence-corrected chi connectivity index (χ0v) is 9.45. The summed E-state index contributed by atoms with van der Waals surface area (Å²) in [6.07, 6.45) is 0.613. The molecule has 15 heavy (non-hydrogen) atoms. The van der Waals surface area contributed by atoms with E-state index in [2.05, 4.69) is 0 Å². The lowest BCUT2D eigenvalue weighted by Gasteiger charge is -2.22. The second-order valence-corrected chi connectivity index (χ2v) is 4.74. The molecule has 0 aromatic carbocycles. The van der Waals surface area contributed by atoms with Gasteiger partial charge in [-0.1, -0.05) is 0 Å². The molecule has 5 heteroatoms. The van der Waals surface area contributed by atoms with Crippen LogP contribution in [0, 0.1) is 0 Å². The Hall–Kier alpha value is -1.10. The van der Waals surface area contributed by atoms with Gasteiger partial charge in [0.05, 0.1) is 6.04 Å². The molecule has 1 amide bonds. The number of esters is 1. The first-order chi connectivity index (χ1) is 6.79. The number of amides is 1. The topological polar surface area (TPSA) is 72.6 Å². The molecule has 0 bridgehead atoms. The Bertz CT molecular complexity index is 270. The summed E-state index contributed by atoms with van der Waals surface area (Å²) in [5.74, 6) is -0.550. The largest absolute Gasteiger partial charge is 0.459 e. The fourth-order valence-electron chi connectivity index (χ4n) is 1.45. The molecule has 0 aromatic heterocycles. The third-order valence-corrected chi connectivity index (χ3v) is 2.08. The fraction of sp³-hybridized carbons (Fsp3) is 0.800. The first-order valence-corrected chi connectivity index (χ1v) is 5.06. The summed E-state index contributed by atoms with van der Waals surface area (Å²) >= 11 is 0. The quantitative estimate of drug-likeness (QED) is 0.651. The molecule has 1 aliphatic rings. The van der Waals surface area contributed by atoms with Gasteiger partial charge in [-0.2, -0.15) is 0 Å². The highest BCUT2D eigenvalue weighted by Crippen LogP contribution is 2.11. The third-order valence-electron chi connectivity index (χ3n) is 2.08. The number of nitrogens with two attached hydrogens (primary N) is 1. The van der Waals surface area contributed by atoms with Crippen LogP contribution >= 0.6 is 0 Å². The van der Waals surface area contributed by atoms with Crippen molar-refractivity contribution in [3.8, 4) is 0 Å². The first kappa shape index (κ1) is 12.0. The van der Waals surface area contributed by atoms with Crippen molar-refractivity contribution >= 4 is 11.9 Å². The van der Waals surface area contributed by atoms with Gasteiger partial charge in [0.25, 0.3) is 0 Å². The van der Waals surface area contributed by atoms with Crippen LogP contribution < -0.4 is 5.73 Å². The van der Waals surface area contributed by atoms with E-state index < -0.39 is 11.6 Å². The molecular weight excluding hydrogens is 196 g/mol. The maximum absolute atomic E-state index is 11.4. The zero-order valence-electron chi connectivity index (χ0n) is 9.45. The third kappa shape index (κ3) is 3.51. The summed E-state index contributed by atoms with van der Waals surface area (Å²) in [5, 5.41) is 0. The highest BCUT2D eigenvalue weighted by Gasteiger charge is 2.30. The van der Waals surface area contributed by atoms with Crippen molar-refractivity contribution in [3.63, 3.8) is 0 Å². The van der Waals surface area contributed by atoms with E-state index in [1.54, 1.807) is 20.8 Å². The molecule has 0 aromatic rings. The molecule has 0 spiro atoms. The summed E-state index contributed by atoms with van der Waals surface area (Å²) in [6, 6.07) is -0.451. The second-order valence-electron chi connectivity index (χ2n) is 4.74. The van der Waals surface area contributed by atoms with E-state index in [1.807, 2.05) is 0 Å². The van der Waals surface area contributed by atoms with Gasteiger partial charge in [-0.15, -0.1) is 0 Å². The van der Waals surface area contributed by atoms with E-state index in [9.17, 15) is 9.59 Å². The smallest absolute Gasteiger partial charge is 0.326 e. The molecule has 1 fully saturated rings. The van der Waals surface area contributed by atoms with Crippen LogP contribution in [0.15, 0.2) is 0 Å². The van der Waals surface area contributed by atoms with Crippen LogP contribution in [0.25, 0.3) is 0 Å². The van der Waals surface area contributed by atoms with E-state index in [0.717, 1.165) is 0 Å². The summed E-state index contributed by atoms with van der Waals surface area (Å²) in [6.45, 7) is 5.93. The zero-order chi connectivity index (χ0) is 11.6. The molecule has 2 N–H and O–H groups in total. The molecule has 1 aliphatic heterocycles. The number of carbonyl (C=O) groups is 2. The summed E-state index contributed by atoms with van der Waals surface area (Å²) in [7, 11) is 0. The van der Waals surface area contributed by atoms with Crippen LogP contribution in [0.4, 0.5) is 0 Å². The maximum Gasteiger partial charge on any atom is 0.326 e. The summed E-state index contributed by atoms with van der Waals surface area (Å²) in [4.78, 5) is 24.3. The van der Waals surface area contributed by atoms with Crippen molar-refractivity contribution in [3.05, 3.63) is 0 Å². The lowest BCUT2D eigenvalue weighted by molar-refractivity contribution is -0.158. The van der Waals surface area contributed by atoms with Crippen LogP contribution in [0.1, 0.15) is 27.2 Å². The lowest BCUT2D eigenvalue weighted by Crippen LogP contribution is -2.39. The molecule has 0 radical (unpaired) electrons. The number of hydrogen-bond donors (Lipinski definition) is 1. The average Bonchev–Trinajstić information content (AvgIpc) is 2.32. The molecule has 1 rings (SSSR count). The predicted molar refractivity (Wildman–Crippen MR) is 55.0 cm³/mol. The van der Waals surface area contributed by atoms with Gasteiger partial charge in [-0.3, -0.25) is 9.59 Å². The second kappa shape index (κ2) is 4.18. The van der Waals surface area contributed by atoms with Gasteiger partial charge in [-0.25, -0.2) is 0 Å². The van der Waals surface area contributed by atoms with Crippen molar-refractivity contribution in [2.45, 2.75) is 38.8 Å². The highest BCUT2D eigenvalue weighted by atomic mass is 16.6. The van der Waals surface area contributed by atoms with E-state index in [-0.39, 0.29) is 18.4 Å². The number of hydrogen-bond acceptors (Lipinski definition) is 4. The summed E-state index contributed by atoms with van der Waals surface area (Å²) in [5.41, 5.74) is 5.02. The summed E-state index contributed by atoms with van der Waals surface area (Å²) < 4.78 is 5.11. The molecule has 0 aliphatic carbocycles. The number of rotatable bonds is 2. The van der Waals surface area contributed by atoms with Gasteiger partial charge >= 0.3 is 5.97 Å². The molecule has 1 atom stereocenters. The maximum atomic E-state index is 11.4. The van der Waals surface area contributed by atoms with E-state index >= 15 is 0 Å². The van der Waals surface area contributed by atoms with Gasteiger partial charge in [0.1, 0.15) is 12.1 Å². The van der Waals surface area contributed by atoms with Gasteiger partial charge < -0.3 is 15.4 Å². The van der Waals surface area contributed by atoms with Gasteiger partial charge in [-0.05, 0) is 27.2 Å². The monoisotopic (exact) mass is 214 g/mol. The molecule has 1 saturated heterocycles. The van der Waals surface area contributed by atoms with Crippen molar-refractivity contribution in [1.29, 1.82) is 0 Å². The van der Waals surface area contributed by atoms with Gasteiger partial charge in [0.2, 0.25) is 5.91 Å². The normalized spacial score (nSPS) is 22.0. The van der Waals surface area contributed by atoms with Gasteiger partial charge in [0, 0.05) is 6.54 Å². The lowest BCUT2D eigenvalue weighted by atomic mass is 10.2. The number of likely N-dealkylation sites (tertiary alicyclic amines) is 1. The first-order valence-electron chi connectivity index (χ1n) is 5.06. The average molecular weight is 214 g/mol. The van der Waals surface area contributed by atoms with Crippen LogP contribution in [0.3, 0.4) is 0 Å². The minimum absolute atomic E-state index is 0.00377. The molecule has 0 unspecified atom stereocenters. The minimum atomic E-state index is -0.512. The van der Waals surface area contributed by atoms with Crippen LogP contribution in [-0.4, -0.2) is 41.5 Å². The number of carbonyl (C=O) groups excluding carboxylic acids is 2. The van der Waals surface area contributed by atoms with Crippen LogP contribution in [0.5, 0.6) is 0 Å². The molecule has 0 saturated carbocycles. The van der Waals surface area contributed by atoms with Crippen LogP contribution in [-0.2, 0) is 14.3 Å². The molecule has 1 heterocycles. The SMILES string of the molecule is CC(C)(C)OC(=O)CN1CC[C@H](N)C1=O. The van der Waals surface area contributed by atoms with Crippen molar-refractivity contribution < 1.29 is 14.3 Å². The Kier molecular flexibility index (Phi) is 3.34. The van der Waals surface area contributed by atoms with Crippen molar-refractivity contribution in [1.82, 2.24) is 4.90 Å². The van der Waals surface area contributed by atoms with Gasteiger partial charge in [0.15, 0.2) is 0 Å². The van der Waals surface area contributed by atoms with E-state index in [0.29, 0.717) is 13.0 Å². The predicted octanol–water partition coefficient (Wildman–Crippen LogP) is -0.112. The number of nitrogens with zero attached hydrogens (tertiary/aromatic N) is 1. The highest BCUT2D eigenvalue weighted by molar-refractivity contribution is 5.87. The van der Waals surface area contributed by atoms with E-state index in [4.69, 9.17) is 10.5 Å². The molecule has 86 valence electrons. The minimum Gasteiger partial charge on any atom is -0.459 e. The van der Waals surface area contributed by atoms with Crippen LogP contribution in [0.2, 0.25) is 0 Å². The Morgan fingerprint density at radius 2 is 2.20 bits per heavy atom. The Morgan fingerprint density at radius 3 is 2.60 bits per heavy atom.